The number of hydrogen-bond donors (Lipinski definition) is 1. The molecule has 23 heavy (non-hydrogen) atoms. The predicted molar refractivity (Wildman–Crippen MR) is 84.7 cm³/mol. The van der Waals surface area contributed by atoms with E-state index in [-0.39, 0.29) is 5.91 Å². The molecule has 2 heterocycles. The smallest absolute Gasteiger partial charge is 0.256 e. The standard InChI is InChI=1S/C17H13N5O/c18-11-14-2-1-3-15(10-14)17(23)20-16-6-9-22(21-16)12-13-4-7-19-8-5-13/h1-10H,12H2,(H,20,21,23). The van der Waals surface area contributed by atoms with E-state index < -0.39 is 0 Å². The fourth-order valence-electron chi connectivity index (χ4n) is 2.11. The average Bonchev–Trinajstić information content (AvgIpc) is 3.02. The van der Waals surface area contributed by atoms with Crippen molar-refractivity contribution in [3.8, 4) is 6.07 Å². The lowest BCUT2D eigenvalue weighted by Crippen LogP contribution is -2.13. The molecule has 0 aliphatic rings. The largest absolute Gasteiger partial charge is 0.305 e. The molecule has 3 aromatic rings. The molecule has 3 rings (SSSR count). The second-order valence-electron chi connectivity index (χ2n) is 4.90. The van der Waals surface area contributed by atoms with Gasteiger partial charge in [-0.2, -0.15) is 10.4 Å². The van der Waals surface area contributed by atoms with Crippen molar-refractivity contribution in [1.82, 2.24) is 14.8 Å². The summed E-state index contributed by atoms with van der Waals surface area (Å²) in [6, 6.07) is 14.1. The first kappa shape index (κ1) is 14.5. The van der Waals surface area contributed by atoms with Crippen LogP contribution >= 0.6 is 0 Å². The number of aromatic nitrogens is 3. The molecule has 0 atom stereocenters. The lowest BCUT2D eigenvalue weighted by molar-refractivity contribution is 0.102. The molecule has 1 aromatic carbocycles. The highest BCUT2D eigenvalue weighted by Crippen LogP contribution is 2.10. The van der Waals surface area contributed by atoms with Crippen LogP contribution in [0.15, 0.2) is 61.1 Å². The summed E-state index contributed by atoms with van der Waals surface area (Å²) >= 11 is 0. The van der Waals surface area contributed by atoms with Crippen LogP contribution in [0.4, 0.5) is 5.82 Å². The number of benzene rings is 1. The van der Waals surface area contributed by atoms with Gasteiger partial charge >= 0.3 is 0 Å². The maximum absolute atomic E-state index is 12.2. The summed E-state index contributed by atoms with van der Waals surface area (Å²) in [6.07, 6.45) is 5.25. The van der Waals surface area contributed by atoms with Gasteiger partial charge in [-0.1, -0.05) is 6.07 Å². The van der Waals surface area contributed by atoms with Gasteiger partial charge in [0.25, 0.3) is 5.91 Å². The van der Waals surface area contributed by atoms with Crippen LogP contribution in [0, 0.1) is 11.3 Å². The minimum atomic E-state index is -0.295. The Kier molecular flexibility index (Phi) is 4.11. The number of pyridine rings is 1. The van der Waals surface area contributed by atoms with Gasteiger partial charge in [-0.3, -0.25) is 14.5 Å². The third-order valence-corrected chi connectivity index (χ3v) is 3.23. The normalized spacial score (nSPS) is 10.0. The summed E-state index contributed by atoms with van der Waals surface area (Å²) in [5.74, 6) is 0.169. The third-order valence-electron chi connectivity index (χ3n) is 3.23. The number of hydrogen-bond acceptors (Lipinski definition) is 4. The molecular formula is C17H13N5O. The van der Waals surface area contributed by atoms with Gasteiger partial charge in [-0.05, 0) is 35.9 Å². The zero-order valence-electron chi connectivity index (χ0n) is 12.2. The van der Waals surface area contributed by atoms with Crippen molar-refractivity contribution in [2.24, 2.45) is 0 Å². The van der Waals surface area contributed by atoms with Crippen molar-refractivity contribution < 1.29 is 4.79 Å². The Bertz CT molecular complexity index is 864. The molecule has 0 fully saturated rings. The fraction of sp³-hybridized carbons (Fsp3) is 0.0588. The Hall–Kier alpha value is -3.46. The number of amides is 1. The number of nitrogens with zero attached hydrogens (tertiary/aromatic N) is 4. The summed E-state index contributed by atoms with van der Waals surface area (Å²) < 4.78 is 1.73. The quantitative estimate of drug-likeness (QED) is 0.802. The lowest BCUT2D eigenvalue weighted by Gasteiger charge is -2.03. The number of rotatable bonds is 4. The van der Waals surface area contributed by atoms with Gasteiger partial charge in [-0.15, -0.1) is 0 Å². The molecule has 0 aliphatic heterocycles. The van der Waals surface area contributed by atoms with E-state index in [0.29, 0.717) is 23.5 Å². The number of nitrogens with one attached hydrogen (secondary N) is 1. The van der Waals surface area contributed by atoms with Crippen LogP contribution in [0.25, 0.3) is 0 Å². The number of nitriles is 1. The first-order valence-corrected chi connectivity index (χ1v) is 6.98. The van der Waals surface area contributed by atoms with Crippen molar-refractivity contribution in [1.29, 1.82) is 5.26 Å². The summed E-state index contributed by atoms with van der Waals surface area (Å²) in [4.78, 5) is 16.1. The third kappa shape index (κ3) is 3.60. The Balaban J connectivity index is 1.69. The molecule has 1 N–H and O–H groups in total. The van der Waals surface area contributed by atoms with E-state index in [2.05, 4.69) is 15.4 Å². The monoisotopic (exact) mass is 303 g/mol. The van der Waals surface area contributed by atoms with E-state index >= 15 is 0 Å². The van der Waals surface area contributed by atoms with E-state index in [0.717, 1.165) is 5.56 Å². The Morgan fingerprint density at radius 2 is 2.04 bits per heavy atom. The molecule has 0 bridgehead atoms. The van der Waals surface area contributed by atoms with Crippen LogP contribution in [0.3, 0.4) is 0 Å². The van der Waals surface area contributed by atoms with Crippen molar-refractivity contribution in [2.45, 2.75) is 6.54 Å². The van der Waals surface area contributed by atoms with Gasteiger partial charge in [-0.25, -0.2) is 0 Å². The highest BCUT2D eigenvalue weighted by atomic mass is 16.1. The lowest BCUT2D eigenvalue weighted by atomic mass is 10.1. The molecule has 2 aromatic heterocycles. The molecule has 0 radical (unpaired) electrons. The molecule has 0 spiro atoms. The maximum Gasteiger partial charge on any atom is 0.256 e. The second kappa shape index (κ2) is 6.54. The Morgan fingerprint density at radius 1 is 1.22 bits per heavy atom. The van der Waals surface area contributed by atoms with Gasteiger partial charge in [0.1, 0.15) is 0 Å². The van der Waals surface area contributed by atoms with E-state index in [1.807, 2.05) is 18.2 Å². The van der Waals surface area contributed by atoms with Gasteiger partial charge < -0.3 is 5.32 Å². The van der Waals surface area contributed by atoms with Gasteiger partial charge in [0.2, 0.25) is 0 Å². The molecule has 112 valence electrons. The van der Waals surface area contributed by atoms with Crippen LogP contribution < -0.4 is 5.32 Å². The van der Waals surface area contributed by atoms with Crippen LogP contribution in [-0.2, 0) is 6.54 Å². The summed E-state index contributed by atoms with van der Waals surface area (Å²) in [5, 5.41) is 15.9. The van der Waals surface area contributed by atoms with Gasteiger partial charge in [0.05, 0.1) is 18.2 Å². The first-order chi connectivity index (χ1) is 11.2. The first-order valence-electron chi connectivity index (χ1n) is 6.98. The van der Waals surface area contributed by atoms with Crippen molar-refractivity contribution in [3.05, 3.63) is 77.7 Å². The van der Waals surface area contributed by atoms with Gasteiger partial charge in [0, 0.05) is 30.2 Å². The highest BCUT2D eigenvalue weighted by Gasteiger charge is 2.08. The second-order valence-corrected chi connectivity index (χ2v) is 4.90. The van der Waals surface area contributed by atoms with E-state index in [1.165, 1.54) is 0 Å². The number of carbonyl (C=O) groups excluding carboxylic acids is 1. The van der Waals surface area contributed by atoms with E-state index in [4.69, 9.17) is 5.26 Å². The minimum absolute atomic E-state index is 0.295. The number of carbonyl (C=O) groups is 1. The Labute approximate surface area is 133 Å². The van der Waals surface area contributed by atoms with Crippen LogP contribution in [0.5, 0.6) is 0 Å². The Morgan fingerprint density at radius 3 is 2.83 bits per heavy atom. The highest BCUT2D eigenvalue weighted by molar-refractivity contribution is 6.03. The van der Waals surface area contributed by atoms with Crippen LogP contribution in [-0.4, -0.2) is 20.7 Å². The molecule has 6 heteroatoms. The summed E-state index contributed by atoms with van der Waals surface area (Å²) in [7, 11) is 0. The predicted octanol–water partition coefficient (Wildman–Crippen LogP) is 2.45. The zero-order chi connectivity index (χ0) is 16.1. The van der Waals surface area contributed by atoms with Crippen molar-refractivity contribution in [3.63, 3.8) is 0 Å². The van der Waals surface area contributed by atoms with Crippen molar-refractivity contribution in [2.75, 3.05) is 5.32 Å². The fourth-order valence-corrected chi connectivity index (χ4v) is 2.11. The molecule has 0 saturated heterocycles. The SMILES string of the molecule is N#Cc1cccc(C(=O)Nc2ccn(Cc3ccncc3)n2)c1. The molecule has 1 amide bonds. The van der Waals surface area contributed by atoms with Crippen molar-refractivity contribution >= 4 is 11.7 Å². The molecule has 6 nitrogen and oxygen atoms in total. The summed E-state index contributed by atoms with van der Waals surface area (Å²) in [6.45, 7) is 0.600. The van der Waals surface area contributed by atoms with E-state index in [9.17, 15) is 4.79 Å². The average molecular weight is 303 g/mol. The number of anilines is 1. The maximum atomic E-state index is 12.2. The van der Waals surface area contributed by atoms with Crippen LogP contribution in [0.2, 0.25) is 0 Å². The molecule has 0 aliphatic carbocycles. The minimum Gasteiger partial charge on any atom is -0.305 e. The zero-order valence-corrected chi connectivity index (χ0v) is 12.2. The molecule has 0 saturated carbocycles. The van der Waals surface area contributed by atoms with E-state index in [1.54, 1.807) is 53.6 Å². The van der Waals surface area contributed by atoms with Gasteiger partial charge in [0.15, 0.2) is 5.82 Å². The molecular weight excluding hydrogens is 290 g/mol. The van der Waals surface area contributed by atoms with Crippen LogP contribution in [0.1, 0.15) is 21.5 Å². The molecule has 0 unspecified atom stereocenters. The topological polar surface area (TPSA) is 83.6 Å². The summed E-state index contributed by atoms with van der Waals surface area (Å²) in [5.41, 5.74) is 1.94.